The summed E-state index contributed by atoms with van der Waals surface area (Å²) in [5.74, 6) is 0. The monoisotopic (exact) mass is 218 g/mol. The van der Waals surface area contributed by atoms with Crippen LogP contribution in [0.3, 0.4) is 0 Å². The zero-order chi connectivity index (χ0) is 10.4. The van der Waals surface area contributed by atoms with Gasteiger partial charge in [-0.25, -0.2) is 0 Å². The van der Waals surface area contributed by atoms with Gasteiger partial charge in [-0.2, -0.15) is 0 Å². The second-order valence-corrected chi connectivity index (χ2v) is 8.56. The van der Waals surface area contributed by atoms with E-state index in [9.17, 15) is 0 Å². The fourth-order valence-corrected chi connectivity index (χ4v) is 4.14. The summed E-state index contributed by atoms with van der Waals surface area (Å²) in [6.07, 6.45) is 0.386. The molecule has 3 nitrogen and oxygen atoms in total. The van der Waals surface area contributed by atoms with Gasteiger partial charge in [-0.3, -0.25) is 0 Å². The van der Waals surface area contributed by atoms with E-state index < -0.39 is 8.32 Å². The van der Waals surface area contributed by atoms with Crippen LogP contribution in [-0.4, -0.2) is 41.4 Å². The third-order valence-corrected chi connectivity index (χ3v) is 7.69. The second kappa shape index (κ2) is 5.85. The lowest BCUT2D eigenvalue weighted by molar-refractivity contribution is 0.125. The average molecular weight is 218 g/mol. The van der Waals surface area contributed by atoms with Gasteiger partial charge < -0.3 is 13.9 Å². The topological polar surface area (TPSA) is 31.0 Å². The lowest BCUT2D eigenvalue weighted by atomic mass is 10.5. The second-order valence-electron chi connectivity index (χ2n) is 3.87. The number of rotatable bonds is 8. The Morgan fingerprint density at radius 2 is 2.00 bits per heavy atom. The van der Waals surface area contributed by atoms with Crippen molar-refractivity contribution in [3.8, 4) is 0 Å². The molecule has 0 aromatic heterocycles. The first kappa shape index (κ1) is 12.2. The van der Waals surface area contributed by atoms with E-state index in [1.54, 1.807) is 0 Å². The third-order valence-electron chi connectivity index (χ3n) is 3.13. The normalized spacial score (nSPS) is 21.2. The minimum Gasteiger partial charge on any atom is -0.420 e. The largest absolute Gasteiger partial charge is 0.420 e. The Labute approximate surface area is 87.9 Å². The van der Waals surface area contributed by atoms with Crippen molar-refractivity contribution < 1.29 is 13.9 Å². The lowest BCUT2D eigenvalue weighted by Gasteiger charge is -2.26. The summed E-state index contributed by atoms with van der Waals surface area (Å²) in [6.45, 7) is 6.93. The minimum atomic E-state index is -1.43. The van der Waals surface area contributed by atoms with Crippen molar-refractivity contribution in [2.75, 3.05) is 26.9 Å². The van der Waals surface area contributed by atoms with Crippen molar-refractivity contribution >= 4 is 8.32 Å². The molecule has 1 rings (SSSR count). The zero-order valence-electron chi connectivity index (χ0n) is 9.54. The van der Waals surface area contributed by atoms with Gasteiger partial charge in [0.25, 0.3) is 0 Å². The van der Waals surface area contributed by atoms with E-state index >= 15 is 0 Å². The molecule has 1 atom stereocenters. The van der Waals surface area contributed by atoms with E-state index in [2.05, 4.69) is 13.8 Å². The average Bonchev–Trinajstić information content (AvgIpc) is 3.03. The summed E-state index contributed by atoms with van der Waals surface area (Å²) in [7, 11) is 0.416. The van der Waals surface area contributed by atoms with Gasteiger partial charge in [-0.1, -0.05) is 13.8 Å². The summed E-state index contributed by atoms with van der Waals surface area (Å²) in [4.78, 5) is 0. The molecule has 0 aromatic rings. The predicted molar refractivity (Wildman–Crippen MR) is 59.1 cm³/mol. The van der Waals surface area contributed by atoms with Gasteiger partial charge in [0.2, 0.25) is 0 Å². The third kappa shape index (κ3) is 3.69. The maximum atomic E-state index is 5.69. The van der Waals surface area contributed by atoms with Crippen molar-refractivity contribution in [1.29, 1.82) is 0 Å². The number of hydrogen-bond acceptors (Lipinski definition) is 3. The lowest BCUT2D eigenvalue weighted by Crippen LogP contribution is -2.36. The Morgan fingerprint density at radius 3 is 2.43 bits per heavy atom. The van der Waals surface area contributed by atoms with E-state index in [0.29, 0.717) is 6.10 Å². The molecule has 1 heterocycles. The Bertz CT molecular complexity index is 147. The molecule has 1 unspecified atom stereocenters. The Kier molecular flexibility index (Phi) is 5.09. The molecule has 0 spiro atoms. The van der Waals surface area contributed by atoms with Crippen molar-refractivity contribution in [1.82, 2.24) is 0 Å². The highest BCUT2D eigenvalue weighted by atomic mass is 28.4. The van der Waals surface area contributed by atoms with Crippen molar-refractivity contribution in [3.63, 3.8) is 0 Å². The van der Waals surface area contributed by atoms with Gasteiger partial charge in [-0.05, 0) is 18.1 Å². The summed E-state index contributed by atoms with van der Waals surface area (Å²) < 4.78 is 16.3. The van der Waals surface area contributed by atoms with E-state index in [1.807, 2.05) is 7.11 Å². The highest BCUT2D eigenvalue weighted by Gasteiger charge is 2.29. The quantitative estimate of drug-likeness (QED) is 0.355. The van der Waals surface area contributed by atoms with E-state index in [0.717, 1.165) is 25.9 Å². The molecule has 0 N–H and O–H groups in total. The molecule has 4 heteroatoms. The molecule has 1 aliphatic heterocycles. The van der Waals surface area contributed by atoms with Crippen LogP contribution in [0.15, 0.2) is 0 Å². The summed E-state index contributed by atoms with van der Waals surface area (Å²) in [6, 6.07) is 3.48. The Hall–Kier alpha value is 0.0969. The van der Waals surface area contributed by atoms with Crippen LogP contribution in [0, 0.1) is 0 Å². The molecule has 1 fully saturated rings. The molecule has 0 saturated carbocycles. The molecular formula is C10H22O3Si. The standard InChI is InChI=1S/C10H22O3Si/c1-4-14(5-2,11-3)7-6-12-8-10-9-13-10/h10H,4-9H2,1-3H3. The molecule has 14 heavy (non-hydrogen) atoms. The summed E-state index contributed by atoms with van der Waals surface area (Å²) >= 11 is 0. The van der Waals surface area contributed by atoms with Crippen LogP contribution in [0.2, 0.25) is 18.1 Å². The fraction of sp³-hybridized carbons (Fsp3) is 1.00. The first-order valence-corrected chi connectivity index (χ1v) is 8.04. The first-order valence-electron chi connectivity index (χ1n) is 5.51. The molecule has 0 amide bonds. The predicted octanol–water partition coefficient (Wildman–Crippen LogP) is 2.03. The van der Waals surface area contributed by atoms with Crippen LogP contribution in [0.1, 0.15) is 13.8 Å². The summed E-state index contributed by atoms with van der Waals surface area (Å²) in [5.41, 5.74) is 0. The number of hydrogen-bond donors (Lipinski definition) is 0. The highest BCUT2D eigenvalue weighted by Crippen LogP contribution is 2.21. The first-order chi connectivity index (χ1) is 6.76. The van der Waals surface area contributed by atoms with Crippen molar-refractivity contribution in [3.05, 3.63) is 0 Å². The Morgan fingerprint density at radius 1 is 1.36 bits per heavy atom. The van der Waals surface area contributed by atoms with Crippen LogP contribution in [-0.2, 0) is 13.9 Å². The molecule has 1 saturated heterocycles. The summed E-state index contributed by atoms with van der Waals surface area (Å²) in [5, 5.41) is 0. The van der Waals surface area contributed by atoms with Crippen LogP contribution < -0.4 is 0 Å². The number of ether oxygens (including phenoxy) is 2. The van der Waals surface area contributed by atoms with E-state index in [4.69, 9.17) is 13.9 Å². The molecular weight excluding hydrogens is 196 g/mol. The van der Waals surface area contributed by atoms with Crippen LogP contribution >= 0.6 is 0 Å². The van der Waals surface area contributed by atoms with E-state index in [-0.39, 0.29) is 0 Å². The van der Waals surface area contributed by atoms with Gasteiger partial charge in [0.15, 0.2) is 8.32 Å². The van der Waals surface area contributed by atoms with E-state index in [1.165, 1.54) is 12.1 Å². The maximum Gasteiger partial charge on any atom is 0.193 e. The van der Waals surface area contributed by atoms with Crippen LogP contribution in [0.25, 0.3) is 0 Å². The molecule has 0 bridgehead atoms. The molecule has 84 valence electrons. The highest BCUT2D eigenvalue weighted by molar-refractivity contribution is 6.73. The molecule has 0 aliphatic carbocycles. The molecule has 0 radical (unpaired) electrons. The van der Waals surface area contributed by atoms with Gasteiger partial charge in [0.1, 0.15) is 6.10 Å². The molecule has 0 aromatic carbocycles. The Balaban J connectivity index is 2.11. The van der Waals surface area contributed by atoms with Crippen molar-refractivity contribution in [2.45, 2.75) is 38.1 Å². The van der Waals surface area contributed by atoms with Gasteiger partial charge in [-0.15, -0.1) is 0 Å². The zero-order valence-corrected chi connectivity index (χ0v) is 10.5. The number of epoxide rings is 1. The fourth-order valence-electron chi connectivity index (χ4n) is 1.63. The van der Waals surface area contributed by atoms with Crippen LogP contribution in [0.4, 0.5) is 0 Å². The van der Waals surface area contributed by atoms with Gasteiger partial charge in [0, 0.05) is 13.7 Å². The van der Waals surface area contributed by atoms with Crippen LogP contribution in [0.5, 0.6) is 0 Å². The molecule has 1 aliphatic rings. The smallest absolute Gasteiger partial charge is 0.193 e. The minimum absolute atomic E-state index is 0.386. The van der Waals surface area contributed by atoms with Gasteiger partial charge >= 0.3 is 0 Å². The van der Waals surface area contributed by atoms with Crippen molar-refractivity contribution in [2.24, 2.45) is 0 Å². The SMILES string of the molecule is CC[Si](CC)(CCOCC1CO1)OC. The van der Waals surface area contributed by atoms with Gasteiger partial charge in [0.05, 0.1) is 13.2 Å². The maximum absolute atomic E-state index is 5.69.